The lowest BCUT2D eigenvalue weighted by molar-refractivity contribution is 0.171. The Morgan fingerprint density at radius 3 is 2.44 bits per heavy atom. The average Bonchev–Trinajstić information content (AvgIpc) is 2.94. The summed E-state index contributed by atoms with van der Waals surface area (Å²) in [6.07, 6.45) is 1.11. The summed E-state index contributed by atoms with van der Waals surface area (Å²) >= 11 is 3.68. The van der Waals surface area contributed by atoms with E-state index in [1.54, 1.807) is 0 Å². The summed E-state index contributed by atoms with van der Waals surface area (Å²) in [5.41, 5.74) is 3.13. The van der Waals surface area contributed by atoms with Crippen LogP contribution in [0.25, 0.3) is 0 Å². The maximum atomic E-state index is 8.96. The van der Waals surface area contributed by atoms with Gasteiger partial charge in [0.2, 0.25) is 0 Å². The van der Waals surface area contributed by atoms with Gasteiger partial charge in [-0.3, -0.25) is 4.90 Å². The summed E-state index contributed by atoms with van der Waals surface area (Å²) in [4.78, 5) is 4.89. The summed E-state index contributed by atoms with van der Waals surface area (Å²) in [5, 5.41) is 8.96. The first-order valence-electron chi connectivity index (χ1n) is 9.28. The Labute approximate surface area is 168 Å². The molecule has 27 heavy (non-hydrogen) atoms. The molecule has 4 rings (SSSR count). The molecule has 140 valence electrons. The van der Waals surface area contributed by atoms with E-state index in [0.717, 1.165) is 55.1 Å². The molecule has 2 heterocycles. The molecule has 0 spiro atoms. The Hall–Kier alpha value is -2.23. The van der Waals surface area contributed by atoms with Gasteiger partial charge in [0.05, 0.1) is 11.6 Å². The Balaban J connectivity index is 1.42. The molecule has 0 saturated carbocycles. The Morgan fingerprint density at radius 1 is 0.963 bits per heavy atom. The molecule has 2 aromatic carbocycles. The fraction of sp³-hybridized carbons (Fsp3) is 0.381. The average molecular weight is 428 g/mol. The van der Waals surface area contributed by atoms with Crippen LogP contribution in [0.2, 0.25) is 0 Å². The lowest BCUT2D eigenvalue weighted by Gasteiger charge is -2.25. The van der Waals surface area contributed by atoms with E-state index in [-0.39, 0.29) is 0 Å². The van der Waals surface area contributed by atoms with Gasteiger partial charge < -0.3 is 14.4 Å². The van der Waals surface area contributed by atoms with Crippen LogP contribution in [0.15, 0.2) is 40.9 Å². The molecule has 0 radical (unpaired) electrons. The lowest BCUT2D eigenvalue weighted by atomic mass is 10.1. The number of anilines is 1. The smallest absolute Gasteiger partial charge is 0.162 e. The highest BCUT2D eigenvalue weighted by Gasteiger charge is 2.19. The summed E-state index contributed by atoms with van der Waals surface area (Å²) in [6.45, 7) is 6.18. The van der Waals surface area contributed by atoms with Crippen LogP contribution in [0.1, 0.15) is 17.5 Å². The molecule has 2 aliphatic heterocycles. The number of nitrogens with zero attached hydrogens (tertiary/aromatic N) is 3. The molecule has 5 nitrogen and oxygen atoms in total. The van der Waals surface area contributed by atoms with Gasteiger partial charge in [0, 0.05) is 42.9 Å². The third-order valence-electron chi connectivity index (χ3n) is 5.06. The molecule has 1 saturated heterocycles. The molecule has 0 atom stereocenters. The van der Waals surface area contributed by atoms with Crippen LogP contribution in [0.5, 0.6) is 11.5 Å². The van der Waals surface area contributed by atoms with Crippen molar-refractivity contribution in [2.75, 3.05) is 44.3 Å². The molecule has 0 bridgehead atoms. The van der Waals surface area contributed by atoms with Crippen molar-refractivity contribution >= 4 is 21.6 Å². The number of rotatable bonds is 3. The van der Waals surface area contributed by atoms with Crippen LogP contribution in [-0.4, -0.2) is 44.3 Å². The molecule has 0 unspecified atom stereocenters. The summed E-state index contributed by atoms with van der Waals surface area (Å²) < 4.78 is 12.5. The van der Waals surface area contributed by atoms with E-state index in [1.807, 2.05) is 30.3 Å². The summed E-state index contributed by atoms with van der Waals surface area (Å²) in [5.74, 6) is 1.66. The largest absolute Gasteiger partial charge is 0.486 e. The van der Waals surface area contributed by atoms with E-state index >= 15 is 0 Å². The van der Waals surface area contributed by atoms with Crippen molar-refractivity contribution in [3.8, 4) is 17.6 Å². The zero-order chi connectivity index (χ0) is 18.6. The van der Waals surface area contributed by atoms with E-state index in [9.17, 15) is 0 Å². The fourth-order valence-corrected chi connectivity index (χ4v) is 4.05. The van der Waals surface area contributed by atoms with Crippen LogP contribution in [0, 0.1) is 11.3 Å². The van der Waals surface area contributed by atoms with E-state index < -0.39 is 0 Å². The van der Waals surface area contributed by atoms with Gasteiger partial charge in [-0.1, -0.05) is 15.9 Å². The summed E-state index contributed by atoms with van der Waals surface area (Å²) in [6, 6.07) is 14.2. The third-order valence-corrected chi connectivity index (χ3v) is 5.79. The number of fused-ring (bicyclic) bond motifs is 1. The van der Waals surface area contributed by atoms with Crippen LogP contribution < -0.4 is 14.4 Å². The van der Waals surface area contributed by atoms with Gasteiger partial charge in [0.15, 0.2) is 11.5 Å². The summed E-state index contributed by atoms with van der Waals surface area (Å²) in [7, 11) is 0. The van der Waals surface area contributed by atoms with Crippen LogP contribution in [-0.2, 0) is 6.54 Å². The van der Waals surface area contributed by atoms with Gasteiger partial charge in [-0.05, 0) is 48.4 Å². The minimum Gasteiger partial charge on any atom is -0.486 e. The first kappa shape index (κ1) is 18.1. The topological polar surface area (TPSA) is 48.7 Å². The third kappa shape index (κ3) is 4.20. The van der Waals surface area contributed by atoms with E-state index in [2.05, 4.69) is 37.9 Å². The number of hydrogen-bond acceptors (Lipinski definition) is 5. The van der Waals surface area contributed by atoms with Crippen LogP contribution >= 0.6 is 15.9 Å². The molecular weight excluding hydrogens is 406 g/mol. The molecule has 2 aromatic rings. The van der Waals surface area contributed by atoms with Crippen molar-refractivity contribution in [2.45, 2.75) is 13.0 Å². The van der Waals surface area contributed by atoms with Gasteiger partial charge >= 0.3 is 0 Å². The molecule has 0 amide bonds. The number of halogens is 1. The minimum atomic E-state index is 0.607. The van der Waals surface area contributed by atoms with Crippen molar-refractivity contribution in [3.63, 3.8) is 0 Å². The predicted octanol–water partition coefficient (Wildman–Crippen LogP) is 3.80. The molecule has 0 aliphatic carbocycles. The maximum absolute atomic E-state index is 8.96. The fourth-order valence-electron chi connectivity index (χ4n) is 3.60. The van der Waals surface area contributed by atoms with Crippen LogP contribution in [0.3, 0.4) is 0 Å². The van der Waals surface area contributed by atoms with E-state index in [1.165, 1.54) is 11.3 Å². The Bertz CT molecular complexity index is 848. The second-order valence-electron chi connectivity index (χ2n) is 6.86. The molecule has 0 N–H and O–H groups in total. The first-order chi connectivity index (χ1) is 13.2. The van der Waals surface area contributed by atoms with Crippen LogP contribution in [0.4, 0.5) is 5.69 Å². The van der Waals surface area contributed by atoms with Gasteiger partial charge in [0.25, 0.3) is 0 Å². The normalized spacial score (nSPS) is 17.3. The predicted molar refractivity (Wildman–Crippen MR) is 108 cm³/mol. The highest BCUT2D eigenvalue weighted by Crippen LogP contribution is 2.36. The van der Waals surface area contributed by atoms with Gasteiger partial charge in [0.1, 0.15) is 13.2 Å². The van der Waals surface area contributed by atoms with Crippen molar-refractivity contribution < 1.29 is 9.47 Å². The quantitative estimate of drug-likeness (QED) is 0.745. The monoisotopic (exact) mass is 427 g/mol. The first-order valence-corrected chi connectivity index (χ1v) is 10.1. The Morgan fingerprint density at radius 2 is 1.70 bits per heavy atom. The Kier molecular flexibility index (Phi) is 5.51. The SMILES string of the molecule is N#Cc1ccc(N2CCCN(Cc3cc4c(cc3Br)OCCO4)CC2)cc1. The van der Waals surface area contributed by atoms with Crippen molar-refractivity contribution in [3.05, 3.63) is 52.0 Å². The van der Waals surface area contributed by atoms with Gasteiger partial charge in [-0.15, -0.1) is 0 Å². The standard InChI is InChI=1S/C21H22BrN3O2/c22-19-13-21-20(26-10-11-27-21)12-17(19)15-24-6-1-7-25(9-8-24)18-4-2-16(14-23)3-5-18/h2-5,12-13H,1,6-11,15H2. The zero-order valence-electron chi connectivity index (χ0n) is 15.2. The second-order valence-corrected chi connectivity index (χ2v) is 7.72. The second kappa shape index (κ2) is 8.20. The highest BCUT2D eigenvalue weighted by atomic mass is 79.9. The number of benzene rings is 2. The number of ether oxygens (including phenoxy) is 2. The molecule has 6 heteroatoms. The minimum absolute atomic E-state index is 0.607. The van der Waals surface area contributed by atoms with E-state index in [0.29, 0.717) is 18.8 Å². The number of hydrogen-bond donors (Lipinski definition) is 0. The van der Waals surface area contributed by atoms with Crippen molar-refractivity contribution in [2.24, 2.45) is 0 Å². The molecule has 1 fully saturated rings. The highest BCUT2D eigenvalue weighted by molar-refractivity contribution is 9.10. The number of nitriles is 1. The maximum Gasteiger partial charge on any atom is 0.162 e. The van der Waals surface area contributed by atoms with Crippen molar-refractivity contribution in [1.29, 1.82) is 5.26 Å². The van der Waals surface area contributed by atoms with Gasteiger partial charge in [-0.25, -0.2) is 0 Å². The molecular formula is C21H22BrN3O2. The molecule has 0 aromatic heterocycles. The van der Waals surface area contributed by atoms with Gasteiger partial charge in [-0.2, -0.15) is 5.26 Å². The zero-order valence-corrected chi connectivity index (χ0v) is 16.7. The molecule has 2 aliphatic rings. The van der Waals surface area contributed by atoms with E-state index in [4.69, 9.17) is 14.7 Å². The van der Waals surface area contributed by atoms with Crippen molar-refractivity contribution in [1.82, 2.24) is 4.90 Å². The lowest BCUT2D eigenvalue weighted by Crippen LogP contribution is -2.30.